The van der Waals surface area contributed by atoms with Gasteiger partial charge in [-0.2, -0.15) is 9.59 Å². The fourth-order valence-electron chi connectivity index (χ4n) is 6.27. The molecule has 3 heterocycles. The molecule has 1 aliphatic heterocycles. The van der Waals surface area contributed by atoms with Crippen LogP contribution >= 0.6 is 11.3 Å². The average Bonchev–Trinajstić information content (AvgIpc) is 3.56. The number of carbonyl (C=O) groups excluding carboxylic acids is 2. The molecule has 43 heavy (non-hydrogen) atoms. The molecule has 0 bridgehead atoms. The minimum absolute atomic E-state index is 0.00409. The summed E-state index contributed by atoms with van der Waals surface area (Å²) in [4.78, 5) is 25.2. The molecule has 2 aliphatic rings. The standard InChI is InChI=1S/C33H42N4O2S.CO2/c1-21(37-16-17-38-20-33(37,5)6)23-14-15-26(25-13-8-7-12-24(23)25)29-27(18-22-10-9-11-22)34-31(40-29)30-36-35-28(39-30)19-32(2,3)4;2-1-3/h7-8,12-15,21-22H,9-11,16-20H2,1-6H3;. The van der Waals surface area contributed by atoms with E-state index in [-0.39, 0.29) is 23.1 Å². The summed E-state index contributed by atoms with van der Waals surface area (Å²) in [6, 6.07) is 13.8. The number of aromatic nitrogens is 3. The number of fused-ring (bicyclic) bond motifs is 1. The molecule has 1 unspecified atom stereocenters. The van der Waals surface area contributed by atoms with Gasteiger partial charge in [0, 0.05) is 30.1 Å². The maximum atomic E-state index is 8.12. The summed E-state index contributed by atoms with van der Waals surface area (Å²) in [5.41, 5.74) is 3.86. The van der Waals surface area contributed by atoms with E-state index >= 15 is 0 Å². The lowest BCUT2D eigenvalue weighted by Crippen LogP contribution is -2.53. The van der Waals surface area contributed by atoms with Gasteiger partial charge in [0.15, 0.2) is 5.01 Å². The molecule has 0 spiro atoms. The second kappa shape index (κ2) is 12.8. The number of thiazole rings is 1. The highest BCUT2D eigenvalue weighted by molar-refractivity contribution is 7.18. The third-order valence-electron chi connectivity index (χ3n) is 8.56. The maximum Gasteiger partial charge on any atom is 0.373 e. The number of morpholine rings is 1. The van der Waals surface area contributed by atoms with Crippen LogP contribution in [0.1, 0.15) is 84.0 Å². The van der Waals surface area contributed by atoms with Crippen LogP contribution in [0.2, 0.25) is 0 Å². The Bertz CT molecular complexity index is 1590. The summed E-state index contributed by atoms with van der Waals surface area (Å²) >= 11 is 1.70. The molecule has 2 aromatic heterocycles. The van der Waals surface area contributed by atoms with E-state index in [4.69, 9.17) is 23.7 Å². The van der Waals surface area contributed by atoms with Crippen LogP contribution in [0.3, 0.4) is 0 Å². The van der Waals surface area contributed by atoms with Crippen LogP contribution in [0, 0.1) is 11.3 Å². The Morgan fingerprint density at radius 1 is 1.09 bits per heavy atom. The number of ether oxygens (including phenoxy) is 1. The van der Waals surface area contributed by atoms with E-state index in [1.54, 1.807) is 11.3 Å². The largest absolute Gasteiger partial charge is 0.419 e. The van der Waals surface area contributed by atoms with Gasteiger partial charge in [0.2, 0.25) is 5.89 Å². The molecule has 2 fully saturated rings. The Labute approximate surface area is 257 Å². The second-order valence-electron chi connectivity index (χ2n) is 13.6. The Hall–Kier alpha value is -3.23. The molecule has 1 atom stereocenters. The van der Waals surface area contributed by atoms with Crippen molar-refractivity contribution in [3.63, 3.8) is 0 Å². The molecule has 0 radical (unpaired) electrons. The quantitative estimate of drug-likeness (QED) is 0.214. The van der Waals surface area contributed by atoms with Crippen LogP contribution in [0.4, 0.5) is 0 Å². The Balaban J connectivity index is 0.00000118. The summed E-state index contributed by atoms with van der Waals surface area (Å²) in [6.07, 6.45) is 5.90. The first-order valence-corrected chi connectivity index (χ1v) is 16.0. The molecule has 6 rings (SSSR count). The molecule has 2 aromatic carbocycles. The van der Waals surface area contributed by atoms with Crippen LogP contribution in [0.5, 0.6) is 0 Å². The molecule has 1 saturated heterocycles. The first-order valence-electron chi connectivity index (χ1n) is 15.2. The number of benzene rings is 2. The highest BCUT2D eigenvalue weighted by Crippen LogP contribution is 2.44. The van der Waals surface area contributed by atoms with Gasteiger partial charge in [0.25, 0.3) is 5.89 Å². The molecule has 8 nitrogen and oxygen atoms in total. The van der Waals surface area contributed by atoms with Gasteiger partial charge >= 0.3 is 6.15 Å². The number of rotatable bonds is 7. The van der Waals surface area contributed by atoms with Crippen LogP contribution in [0.25, 0.3) is 32.1 Å². The summed E-state index contributed by atoms with van der Waals surface area (Å²) in [7, 11) is 0. The molecule has 228 valence electrons. The molecule has 1 saturated carbocycles. The minimum Gasteiger partial charge on any atom is -0.419 e. The van der Waals surface area contributed by atoms with E-state index in [1.165, 1.54) is 51.7 Å². The predicted octanol–water partition coefficient (Wildman–Crippen LogP) is 7.53. The fourth-order valence-corrected chi connectivity index (χ4v) is 7.32. The highest BCUT2D eigenvalue weighted by Gasteiger charge is 2.35. The van der Waals surface area contributed by atoms with Gasteiger partial charge in [-0.3, -0.25) is 4.90 Å². The van der Waals surface area contributed by atoms with Crippen molar-refractivity contribution in [2.75, 3.05) is 19.8 Å². The first-order chi connectivity index (χ1) is 20.5. The Morgan fingerprint density at radius 3 is 2.47 bits per heavy atom. The zero-order valence-electron chi connectivity index (χ0n) is 26.1. The van der Waals surface area contributed by atoms with Gasteiger partial charge in [-0.15, -0.1) is 21.5 Å². The molecule has 4 aromatic rings. The monoisotopic (exact) mass is 602 g/mol. The van der Waals surface area contributed by atoms with Crippen molar-refractivity contribution in [3.8, 4) is 21.3 Å². The first kappa shape index (κ1) is 31.2. The molecular weight excluding hydrogens is 560 g/mol. The molecule has 9 heteroatoms. The normalized spacial score (nSPS) is 18.0. The summed E-state index contributed by atoms with van der Waals surface area (Å²) < 4.78 is 12.0. The van der Waals surface area contributed by atoms with Crippen LogP contribution in [-0.2, 0) is 27.2 Å². The predicted molar refractivity (Wildman–Crippen MR) is 168 cm³/mol. The van der Waals surface area contributed by atoms with Crippen molar-refractivity contribution in [2.24, 2.45) is 11.3 Å². The zero-order valence-corrected chi connectivity index (χ0v) is 26.9. The van der Waals surface area contributed by atoms with Crippen molar-refractivity contribution in [3.05, 3.63) is 53.5 Å². The molecular formula is C34H42N4O4S. The third kappa shape index (κ3) is 6.96. The van der Waals surface area contributed by atoms with Crippen LogP contribution in [-0.4, -0.2) is 51.5 Å². The van der Waals surface area contributed by atoms with E-state index < -0.39 is 0 Å². The van der Waals surface area contributed by atoms with Gasteiger partial charge in [-0.05, 0) is 54.9 Å². The van der Waals surface area contributed by atoms with Crippen LogP contribution in [0.15, 0.2) is 40.8 Å². The lowest BCUT2D eigenvalue weighted by molar-refractivity contribution is -0.191. The lowest BCUT2D eigenvalue weighted by Gasteiger charge is -2.46. The lowest BCUT2D eigenvalue weighted by atomic mass is 9.81. The van der Waals surface area contributed by atoms with Crippen LogP contribution < -0.4 is 0 Å². The maximum absolute atomic E-state index is 8.12. The molecule has 0 amide bonds. The number of hydrogen-bond acceptors (Lipinski definition) is 9. The zero-order chi connectivity index (χ0) is 30.8. The van der Waals surface area contributed by atoms with E-state index in [0.29, 0.717) is 17.7 Å². The fraction of sp³-hybridized carbons (Fsp3) is 0.529. The van der Waals surface area contributed by atoms with Crippen molar-refractivity contribution < 1.29 is 18.7 Å². The topological polar surface area (TPSA) is 98.4 Å². The van der Waals surface area contributed by atoms with Gasteiger partial charge < -0.3 is 9.15 Å². The van der Waals surface area contributed by atoms with E-state index in [1.807, 2.05) is 0 Å². The number of nitrogens with zero attached hydrogens (tertiary/aromatic N) is 4. The average molecular weight is 603 g/mol. The van der Waals surface area contributed by atoms with Crippen molar-refractivity contribution in [1.82, 2.24) is 20.1 Å². The van der Waals surface area contributed by atoms with E-state index in [9.17, 15) is 0 Å². The smallest absolute Gasteiger partial charge is 0.373 e. The summed E-state index contributed by atoms with van der Waals surface area (Å²) in [5, 5.41) is 12.2. The van der Waals surface area contributed by atoms with Gasteiger partial charge in [0.1, 0.15) is 0 Å². The minimum atomic E-state index is -0.00409. The van der Waals surface area contributed by atoms with E-state index in [0.717, 1.165) is 37.6 Å². The summed E-state index contributed by atoms with van der Waals surface area (Å²) in [5.74, 6) is 1.92. The Morgan fingerprint density at radius 2 is 1.81 bits per heavy atom. The SMILES string of the molecule is CC(c1ccc(-c2sc(-c3nnc(CC(C)(C)C)o3)nc2CC2CCC2)c2ccccc12)N1CCOCC1(C)C.O=C=O. The third-order valence-corrected chi connectivity index (χ3v) is 9.68. The van der Waals surface area contributed by atoms with Crippen molar-refractivity contribution in [1.29, 1.82) is 0 Å². The van der Waals surface area contributed by atoms with E-state index in [2.05, 4.69) is 93.0 Å². The summed E-state index contributed by atoms with van der Waals surface area (Å²) in [6.45, 7) is 16.0. The van der Waals surface area contributed by atoms with Gasteiger partial charge in [0.05, 0.1) is 23.8 Å². The Kier molecular flexibility index (Phi) is 9.28. The molecule has 1 aliphatic carbocycles. The van der Waals surface area contributed by atoms with Crippen molar-refractivity contribution >= 4 is 28.3 Å². The molecule has 0 N–H and O–H groups in total. The second-order valence-corrected chi connectivity index (χ2v) is 14.6. The van der Waals surface area contributed by atoms with Gasteiger partial charge in [-0.25, -0.2) is 4.98 Å². The highest BCUT2D eigenvalue weighted by atomic mass is 32.1. The number of hydrogen-bond donors (Lipinski definition) is 0. The van der Waals surface area contributed by atoms with Crippen molar-refractivity contribution in [2.45, 2.75) is 85.2 Å². The van der Waals surface area contributed by atoms with Gasteiger partial charge in [-0.1, -0.05) is 76.4 Å².